The topological polar surface area (TPSA) is 32.3 Å². The lowest BCUT2D eigenvalue weighted by atomic mass is 10.1. The Morgan fingerprint density at radius 1 is 1.17 bits per heavy atom. The zero-order valence-corrected chi connectivity index (χ0v) is 11.4. The Bertz CT molecular complexity index is 441. The highest BCUT2D eigenvalue weighted by atomic mass is 32.1. The van der Waals surface area contributed by atoms with Crippen LogP contribution in [0, 0.1) is 0 Å². The van der Waals surface area contributed by atoms with Crippen LogP contribution in [0.3, 0.4) is 0 Å². The summed E-state index contributed by atoms with van der Waals surface area (Å²) in [6, 6.07) is 14.6. The molecular weight excluding hydrogens is 242 g/mol. The van der Waals surface area contributed by atoms with Crippen molar-refractivity contribution in [2.75, 3.05) is 6.54 Å². The van der Waals surface area contributed by atoms with E-state index in [2.05, 4.69) is 29.8 Å². The summed E-state index contributed by atoms with van der Waals surface area (Å²) in [5.41, 5.74) is 1.18. The van der Waals surface area contributed by atoms with Gasteiger partial charge in [0.2, 0.25) is 0 Å². The maximum Gasteiger partial charge on any atom is 0.0705 e. The van der Waals surface area contributed by atoms with Gasteiger partial charge < -0.3 is 10.4 Å². The molecule has 0 radical (unpaired) electrons. The van der Waals surface area contributed by atoms with Crippen LogP contribution in [-0.4, -0.2) is 17.8 Å². The number of benzene rings is 1. The molecule has 0 saturated carbocycles. The molecule has 0 aliphatic carbocycles. The fourth-order valence-electron chi connectivity index (χ4n) is 1.91. The molecule has 1 aromatic heterocycles. The second kappa shape index (κ2) is 6.69. The van der Waals surface area contributed by atoms with Gasteiger partial charge in [0, 0.05) is 17.5 Å². The molecular formula is C15H19NOS. The van der Waals surface area contributed by atoms with E-state index in [1.807, 2.05) is 30.3 Å². The summed E-state index contributed by atoms with van der Waals surface area (Å²) < 4.78 is 0. The Morgan fingerprint density at radius 3 is 2.61 bits per heavy atom. The second-order valence-electron chi connectivity index (χ2n) is 4.49. The van der Waals surface area contributed by atoms with Crippen LogP contribution in [0.4, 0.5) is 0 Å². The van der Waals surface area contributed by atoms with Crippen LogP contribution in [0.25, 0.3) is 0 Å². The van der Waals surface area contributed by atoms with E-state index < -0.39 is 0 Å². The number of thiophene rings is 1. The zero-order valence-electron chi connectivity index (χ0n) is 10.5. The molecule has 3 heteroatoms. The van der Waals surface area contributed by atoms with E-state index in [9.17, 15) is 5.11 Å². The average Bonchev–Trinajstić information content (AvgIpc) is 2.91. The Hall–Kier alpha value is -1.16. The van der Waals surface area contributed by atoms with E-state index in [0.717, 1.165) is 0 Å². The molecule has 0 aliphatic heterocycles. The van der Waals surface area contributed by atoms with Crippen LogP contribution < -0.4 is 5.32 Å². The fraction of sp³-hybridized carbons (Fsp3) is 0.333. The molecule has 2 aromatic rings. The Labute approximate surface area is 112 Å². The van der Waals surface area contributed by atoms with Gasteiger partial charge in [0.15, 0.2) is 0 Å². The molecule has 1 aromatic carbocycles. The lowest BCUT2D eigenvalue weighted by Gasteiger charge is -2.16. The highest BCUT2D eigenvalue weighted by Crippen LogP contribution is 2.17. The minimum Gasteiger partial charge on any atom is -0.391 e. The number of aliphatic hydroxyl groups is 1. The van der Waals surface area contributed by atoms with Gasteiger partial charge in [-0.1, -0.05) is 36.4 Å². The normalized spacial score (nSPS) is 14.3. The fourth-order valence-corrected chi connectivity index (χ4v) is 2.67. The molecule has 96 valence electrons. The van der Waals surface area contributed by atoms with Gasteiger partial charge in [0.05, 0.1) is 6.10 Å². The minimum absolute atomic E-state index is 0.301. The summed E-state index contributed by atoms with van der Waals surface area (Å²) in [4.78, 5) is 1.31. The van der Waals surface area contributed by atoms with Crippen molar-refractivity contribution in [2.45, 2.75) is 25.5 Å². The largest absolute Gasteiger partial charge is 0.391 e. The number of rotatable bonds is 6. The Kier molecular flexibility index (Phi) is 4.93. The first-order chi connectivity index (χ1) is 8.75. The smallest absolute Gasteiger partial charge is 0.0705 e. The lowest BCUT2D eigenvalue weighted by molar-refractivity contribution is 0.168. The number of aliphatic hydroxyl groups excluding tert-OH is 1. The van der Waals surface area contributed by atoms with Gasteiger partial charge in [0.1, 0.15) is 0 Å². The van der Waals surface area contributed by atoms with Crippen LogP contribution in [0.15, 0.2) is 47.8 Å². The predicted octanol–water partition coefficient (Wildman–Crippen LogP) is 3.00. The monoisotopic (exact) mass is 261 g/mol. The first kappa shape index (κ1) is 13.3. The van der Waals surface area contributed by atoms with Crippen molar-refractivity contribution in [1.82, 2.24) is 5.32 Å². The van der Waals surface area contributed by atoms with Gasteiger partial charge in [-0.3, -0.25) is 0 Å². The van der Waals surface area contributed by atoms with E-state index in [-0.39, 0.29) is 6.10 Å². The molecule has 0 aliphatic rings. The molecule has 0 amide bonds. The van der Waals surface area contributed by atoms with Gasteiger partial charge in [-0.15, -0.1) is 11.3 Å². The number of hydrogen-bond acceptors (Lipinski definition) is 3. The standard InChI is InChI=1S/C15H19NOS/c1-12(15-8-5-9-18-15)16-11-14(17)10-13-6-3-2-4-7-13/h2-9,12,14,16-17H,10-11H2,1H3. The van der Waals surface area contributed by atoms with E-state index in [1.54, 1.807) is 11.3 Å². The summed E-state index contributed by atoms with van der Waals surface area (Å²) in [6.07, 6.45) is 0.361. The molecule has 0 bridgehead atoms. The van der Waals surface area contributed by atoms with Crippen molar-refractivity contribution in [3.63, 3.8) is 0 Å². The third-order valence-electron chi connectivity index (χ3n) is 2.94. The van der Waals surface area contributed by atoms with Gasteiger partial charge >= 0.3 is 0 Å². The van der Waals surface area contributed by atoms with Crippen LogP contribution in [-0.2, 0) is 6.42 Å². The van der Waals surface area contributed by atoms with Crippen molar-refractivity contribution in [2.24, 2.45) is 0 Å². The van der Waals surface area contributed by atoms with Crippen LogP contribution >= 0.6 is 11.3 Å². The number of nitrogens with one attached hydrogen (secondary N) is 1. The van der Waals surface area contributed by atoms with Crippen molar-refractivity contribution < 1.29 is 5.11 Å². The molecule has 18 heavy (non-hydrogen) atoms. The van der Waals surface area contributed by atoms with Crippen molar-refractivity contribution in [3.8, 4) is 0 Å². The van der Waals surface area contributed by atoms with Gasteiger partial charge in [-0.05, 0) is 30.4 Å². The SMILES string of the molecule is CC(NCC(O)Cc1ccccc1)c1cccs1. The zero-order chi connectivity index (χ0) is 12.8. The second-order valence-corrected chi connectivity index (χ2v) is 5.47. The molecule has 2 rings (SSSR count). The quantitative estimate of drug-likeness (QED) is 0.838. The molecule has 2 N–H and O–H groups in total. The molecule has 2 nitrogen and oxygen atoms in total. The van der Waals surface area contributed by atoms with Crippen molar-refractivity contribution in [3.05, 3.63) is 58.3 Å². The maximum absolute atomic E-state index is 9.99. The molecule has 0 spiro atoms. The van der Waals surface area contributed by atoms with Gasteiger partial charge in [-0.25, -0.2) is 0 Å². The summed E-state index contributed by atoms with van der Waals surface area (Å²) >= 11 is 1.74. The van der Waals surface area contributed by atoms with Crippen molar-refractivity contribution >= 4 is 11.3 Å². The van der Waals surface area contributed by atoms with E-state index in [0.29, 0.717) is 19.0 Å². The molecule has 2 unspecified atom stereocenters. The average molecular weight is 261 g/mol. The molecule has 0 fully saturated rings. The Balaban J connectivity index is 1.77. The van der Waals surface area contributed by atoms with E-state index in [4.69, 9.17) is 0 Å². The molecule has 1 heterocycles. The molecule has 0 saturated heterocycles. The first-order valence-corrected chi connectivity index (χ1v) is 7.12. The number of hydrogen-bond donors (Lipinski definition) is 2. The first-order valence-electron chi connectivity index (χ1n) is 6.24. The predicted molar refractivity (Wildman–Crippen MR) is 76.9 cm³/mol. The van der Waals surface area contributed by atoms with E-state index in [1.165, 1.54) is 10.4 Å². The summed E-state index contributed by atoms with van der Waals surface area (Å²) in [7, 11) is 0. The summed E-state index contributed by atoms with van der Waals surface area (Å²) in [5.74, 6) is 0. The van der Waals surface area contributed by atoms with Gasteiger partial charge in [-0.2, -0.15) is 0 Å². The van der Waals surface area contributed by atoms with E-state index >= 15 is 0 Å². The van der Waals surface area contributed by atoms with Crippen LogP contribution in [0.2, 0.25) is 0 Å². The van der Waals surface area contributed by atoms with Crippen molar-refractivity contribution in [1.29, 1.82) is 0 Å². The highest BCUT2D eigenvalue weighted by Gasteiger charge is 2.09. The summed E-state index contributed by atoms with van der Waals surface area (Å²) in [6.45, 7) is 2.75. The minimum atomic E-state index is -0.338. The third kappa shape index (κ3) is 3.95. The Morgan fingerprint density at radius 2 is 1.94 bits per heavy atom. The summed E-state index contributed by atoms with van der Waals surface area (Å²) in [5, 5.41) is 15.4. The lowest BCUT2D eigenvalue weighted by Crippen LogP contribution is -2.30. The maximum atomic E-state index is 9.99. The van der Waals surface area contributed by atoms with Crippen LogP contribution in [0.5, 0.6) is 0 Å². The van der Waals surface area contributed by atoms with Crippen LogP contribution in [0.1, 0.15) is 23.4 Å². The third-order valence-corrected chi connectivity index (χ3v) is 4.00. The molecule has 2 atom stereocenters. The van der Waals surface area contributed by atoms with Gasteiger partial charge in [0.25, 0.3) is 0 Å². The highest BCUT2D eigenvalue weighted by molar-refractivity contribution is 7.10.